The summed E-state index contributed by atoms with van der Waals surface area (Å²) in [5.41, 5.74) is -0.164. The molecule has 8 heteroatoms. The number of thiazole rings is 1. The van der Waals surface area contributed by atoms with Gasteiger partial charge in [0.05, 0.1) is 23.9 Å². The van der Waals surface area contributed by atoms with Gasteiger partial charge in [-0.1, -0.05) is 22.9 Å². The molecule has 0 aliphatic carbocycles. The van der Waals surface area contributed by atoms with E-state index >= 15 is 0 Å². The van der Waals surface area contributed by atoms with Crippen LogP contribution in [-0.4, -0.2) is 36.4 Å². The van der Waals surface area contributed by atoms with E-state index in [1.807, 2.05) is 29.7 Å². The highest BCUT2D eigenvalue weighted by molar-refractivity contribution is 7.16. The zero-order valence-corrected chi connectivity index (χ0v) is 19.0. The molecule has 1 amide bonds. The van der Waals surface area contributed by atoms with Gasteiger partial charge in [-0.25, -0.2) is 0 Å². The van der Waals surface area contributed by atoms with Crippen LogP contribution in [0, 0.1) is 0 Å². The smallest absolute Gasteiger partial charge is 0.291 e. The maximum absolute atomic E-state index is 13.0. The highest BCUT2D eigenvalue weighted by Crippen LogP contribution is 2.24. The second-order valence-corrected chi connectivity index (χ2v) is 8.50. The molecule has 2 aromatic carbocycles. The molecule has 0 aliphatic rings. The number of aromatic nitrogens is 1. The van der Waals surface area contributed by atoms with Crippen LogP contribution in [0.15, 0.2) is 47.5 Å². The van der Waals surface area contributed by atoms with Gasteiger partial charge in [-0.05, 0) is 63.2 Å². The van der Waals surface area contributed by atoms with Gasteiger partial charge in [0, 0.05) is 18.2 Å². The Morgan fingerprint density at radius 3 is 2.53 bits per heavy atom. The van der Waals surface area contributed by atoms with Crippen LogP contribution in [0.4, 0.5) is 0 Å². The number of ether oxygens (including phenoxy) is 3. The molecule has 0 saturated heterocycles. The molecule has 0 bridgehead atoms. The van der Waals surface area contributed by atoms with Crippen molar-refractivity contribution in [3.63, 3.8) is 0 Å². The molecule has 0 saturated carbocycles. The molecule has 0 spiro atoms. The van der Waals surface area contributed by atoms with Gasteiger partial charge in [0.2, 0.25) is 0 Å². The molecule has 160 valence electrons. The van der Waals surface area contributed by atoms with Crippen LogP contribution in [0.5, 0.6) is 11.5 Å². The van der Waals surface area contributed by atoms with Gasteiger partial charge in [0.1, 0.15) is 11.5 Å². The van der Waals surface area contributed by atoms with E-state index in [-0.39, 0.29) is 5.91 Å². The van der Waals surface area contributed by atoms with Crippen LogP contribution in [0.1, 0.15) is 20.8 Å². The van der Waals surface area contributed by atoms with Crippen molar-refractivity contribution >= 4 is 39.1 Å². The molecule has 1 heterocycles. The van der Waals surface area contributed by atoms with Gasteiger partial charge in [0.25, 0.3) is 5.91 Å². The molecule has 0 unspecified atom stereocenters. The highest BCUT2D eigenvalue weighted by Gasteiger charge is 2.30. The first kappa shape index (κ1) is 22.3. The van der Waals surface area contributed by atoms with Gasteiger partial charge < -0.3 is 18.8 Å². The Morgan fingerprint density at radius 1 is 1.17 bits per heavy atom. The number of hydrogen-bond acceptors (Lipinski definition) is 5. The molecule has 30 heavy (non-hydrogen) atoms. The number of nitrogens with zero attached hydrogens (tertiary/aromatic N) is 2. The molecule has 0 atom stereocenters. The molecule has 3 aromatic rings. The summed E-state index contributed by atoms with van der Waals surface area (Å²) in [6, 6.07) is 12.7. The van der Waals surface area contributed by atoms with Crippen LogP contribution in [0.25, 0.3) is 10.2 Å². The first-order valence-electron chi connectivity index (χ1n) is 9.63. The van der Waals surface area contributed by atoms with Crippen molar-refractivity contribution in [3.8, 4) is 11.5 Å². The summed E-state index contributed by atoms with van der Waals surface area (Å²) in [7, 11) is 1.63. The van der Waals surface area contributed by atoms with Crippen molar-refractivity contribution in [2.75, 3.05) is 20.3 Å². The average molecular weight is 449 g/mol. The van der Waals surface area contributed by atoms with Crippen molar-refractivity contribution in [1.82, 2.24) is 4.57 Å². The first-order chi connectivity index (χ1) is 14.3. The Labute approximate surface area is 184 Å². The van der Waals surface area contributed by atoms with E-state index in [0.717, 1.165) is 16.0 Å². The Balaban J connectivity index is 1.96. The molecule has 0 radical (unpaired) electrons. The largest absolute Gasteiger partial charge is 0.497 e. The molecule has 3 rings (SSSR count). The van der Waals surface area contributed by atoms with E-state index in [2.05, 4.69) is 4.99 Å². The van der Waals surface area contributed by atoms with Gasteiger partial charge >= 0.3 is 0 Å². The second-order valence-electron chi connectivity index (χ2n) is 7.05. The second kappa shape index (κ2) is 9.64. The summed E-state index contributed by atoms with van der Waals surface area (Å²) in [6.07, 6.45) is 0. The minimum absolute atomic E-state index is 0.374. The maximum Gasteiger partial charge on any atom is 0.291 e. The van der Waals surface area contributed by atoms with E-state index in [1.54, 1.807) is 45.2 Å². The lowest BCUT2D eigenvalue weighted by Gasteiger charge is -2.22. The zero-order chi connectivity index (χ0) is 21.7. The number of hydrogen-bond donors (Lipinski definition) is 0. The van der Waals surface area contributed by atoms with E-state index in [9.17, 15) is 4.79 Å². The molecule has 1 aromatic heterocycles. The third-order valence-electron chi connectivity index (χ3n) is 4.45. The zero-order valence-electron chi connectivity index (χ0n) is 17.5. The number of fused-ring (bicyclic) bond motifs is 1. The van der Waals surface area contributed by atoms with Crippen LogP contribution >= 0.6 is 22.9 Å². The standard InChI is InChI=1S/C22H25ClN2O4S/c1-5-28-13-12-25-18-11-10-17(27-4)14-19(18)30-21(25)24-20(26)22(2,3)29-16-8-6-15(23)7-9-16/h6-11,14H,5,12-13H2,1-4H3. The lowest BCUT2D eigenvalue weighted by atomic mass is 10.1. The molecular formula is C22H25ClN2O4S. The summed E-state index contributed by atoms with van der Waals surface area (Å²) >= 11 is 7.35. The molecule has 0 fully saturated rings. The number of rotatable bonds is 8. The predicted octanol–water partition coefficient (Wildman–Crippen LogP) is 4.69. The van der Waals surface area contributed by atoms with Crippen molar-refractivity contribution in [2.45, 2.75) is 32.9 Å². The third-order valence-corrected chi connectivity index (χ3v) is 5.75. The minimum atomic E-state index is -1.14. The summed E-state index contributed by atoms with van der Waals surface area (Å²) in [5, 5.41) is 0.604. The third kappa shape index (κ3) is 5.22. The Hall–Kier alpha value is -2.35. The van der Waals surface area contributed by atoms with E-state index in [1.165, 1.54) is 11.3 Å². The fourth-order valence-corrected chi connectivity index (χ4v) is 4.05. The summed E-state index contributed by atoms with van der Waals surface area (Å²) in [6.45, 7) is 7.10. The fourth-order valence-electron chi connectivity index (χ4n) is 2.84. The fraction of sp³-hybridized carbons (Fsp3) is 0.364. The van der Waals surface area contributed by atoms with Crippen molar-refractivity contribution < 1.29 is 19.0 Å². The van der Waals surface area contributed by atoms with Gasteiger partial charge in [-0.2, -0.15) is 4.99 Å². The number of benzene rings is 2. The normalized spacial score (nSPS) is 12.4. The molecule has 0 N–H and O–H groups in total. The van der Waals surface area contributed by atoms with Crippen molar-refractivity contribution in [1.29, 1.82) is 0 Å². The van der Waals surface area contributed by atoms with Gasteiger partial charge in [0.15, 0.2) is 10.4 Å². The predicted molar refractivity (Wildman–Crippen MR) is 120 cm³/mol. The quantitative estimate of drug-likeness (QED) is 0.469. The van der Waals surface area contributed by atoms with Crippen molar-refractivity contribution in [3.05, 3.63) is 52.3 Å². The summed E-state index contributed by atoms with van der Waals surface area (Å²) in [5.74, 6) is 0.935. The summed E-state index contributed by atoms with van der Waals surface area (Å²) < 4.78 is 19.7. The highest BCUT2D eigenvalue weighted by atomic mass is 35.5. The van der Waals surface area contributed by atoms with Crippen molar-refractivity contribution in [2.24, 2.45) is 4.99 Å². The minimum Gasteiger partial charge on any atom is -0.497 e. The first-order valence-corrected chi connectivity index (χ1v) is 10.8. The van der Waals surface area contributed by atoms with Crippen LogP contribution < -0.4 is 14.3 Å². The summed E-state index contributed by atoms with van der Waals surface area (Å²) in [4.78, 5) is 18.0. The number of methoxy groups -OCH3 is 1. The Bertz CT molecular complexity index is 1090. The van der Waals surface area contributed by atoms with Gasteiger partial charge in [-0.3, -0.25) is 4.79 Å². The maximum atomic E-state index is 13.0. The monoisotopic (exact) mass is 448 g/mol. The van der Waals surface area contributed by atoms with Crippen LogP contribution in [0.2, 0.25) is 5.02 Å². The number of halogens is 1. The molecular weight excluding hydrogens is 424 g/mol. The molecule has 0 aliphatic heterocycles. The van der Waals surface area contributed by atoms with Gasteiger partial charge in [-0.15, -0.1) is 0 Å². The van der Waals surface area contributed by atoms with Crippen LogP contribution in [-0.2, 0) is 16.1 Å². The Kier molecular flexibility index (Phi) is 7.18. The van der Waals surface area contributed by atoms with E-state index in [4.69, 9.17) is 25.8 Å². The number of carbonyl (C=O) groups is 1. The molecule has 6 nitrogen and oxygen atoms in total. The van der Waals surface area contributed by atoms with Crippen LogP contribution in [0.3, 0.4) is 0 Å². The number of carbonyl (C=O) groups excluding carboxylic acids is 1. The lowest BCUT2D eigenvalue weighted by Crippen LogP contribution is -2.38. The average Bonchev–Trinajstić information content (AvgIpc) is 3.06. The topological polar surface area (TPSA) is 62.1 Å². The Morgan fingerprint density at radius 2 is 1.87 bits per heavy atom. The number of amides is 1. The lowest BCUT2D eigenvalue weighted by molar-refractivity contribution is -0.130. The van der Waals surface area contributed by atoms with E-state index < -0.39 is 5.60 Å². The SMILES string of the molecule is CCOCCn1c(=NC(=O)C(C)(C)Oc2ccc(Cl)cc2)sc2cc(OC)ccc21. The van der Waals surface area contributed by atoms with E-state index in [0.29, 0.717) is 35.3 Å².